The van der Waals surface area contributed by atoms with E-state index in [1.54, 1.807) is 0 Å². The summed E-state index contributed by atoms with van der Waals surface area (Å²) in [7, 11) is -3.89. The Kier molecular flexibility index (Phi) is 4.14. The Balaban J connectivity index is 2.24. The predicted octanol–water partition coefficient (Wildman–Crippen LogP) is 1.94. The molecular formula is C12H17F2N3O2S. The van der Waals surface area contributed by atoms with Gasteiger partial charge in [0.1, 0.15) is 11.5 Å². The van der Waals surface area contributed by atoms with Crippen molar-refractivity contribution in [3.63, 3.8) is 0 Å². The third-order valence-electron chi connectivity index (χ3n) is 3.28. The van der Waals surface area contributed by atoms with Crippen LogP contribution >= 0.6 is 0 Å². The molecule has 0 spiro atoms. The molecule has 1 atom stereocenters. The standard InChI is InChI=1S/C12H17F2N3O2S/c1-8-3-2-4-17(7-8)20(18,19)16-12-10(14)5-9(13)6-11(12)15/h5-6,8,16H,2-4,7,15H2,1H3. The molecule has 0 radical (unpaired) electrons. The molecule has 5 nitrogen and oxygen atoms in total. The number of anilines is 2. The average molecular weight is 305 g/mol. The van der Waals surface area contributed by atoms with Crippen LogP contribution in [0.5, 0.6) is 0 Å². The van der Waals surface area contributed by atoms with Crippen molar-refractivity contribution in [3.05, 3.63) is 23.8 Å². The van der Waals surface area contributed by atoms with Crippen LogP contribution in [0.3, 0.4) is 0 Å². The molecule has 1 aliphatic heterocycles. The fraction of sp³-hybridized carbons (Fsp3) is 0.500. The number of hydrogen-bond donors (Lipinski definition) is 2. The first-order chi connectivity index (χ1) is 9.29. The van der Waals surface area contributed by atoms with Gasteiger partial charge in [-0.15, -0.1) is 0 Å². The topological polar surface area (TPSA) is 75.4 Å². The number of benzene rings is 1. The molecule has 20 heavy (non-hydrogen) atoms. The number of nitrogens with one attached hydrogen (secondary N) is 1. The molecule has 1 saturated heterocycles. The van der Waals surface area contributed by atoms with E-state index in [2.05, 4.69) is 4.72 Å². The van der Waals surface area contributed by atoms with E-state index in [0.29, 0.717) is 19.2 Å². The number of nitrogens with two attached hydrogens (primary N) is 1. The Morgan fingerprint density at radius 2 is 2.10 bits per heavy atom. The van der Waals surface area contributed by atoms with Gasteiger partial charge in [0, 0.05) is 19.2 Å². The van der Waals surface area contributed by atoms with E-state index >= 15 is 0 Å². The SMILES string of the molecule is CC1CCCN(S(=O)(=O)Nc2c(N)cc(F)cc2F)C1. The summed E-state index contributed by atoms with van der Waals surface area (Å²) < 4.78 is 54.3. The lowest BCUT2D eigenvalue weighted by atomic mass is 10.0. The van der Waals surface area contributed by atoms with Crippen LogP contribution in [0.1, 0.15) is 19.8 Å². The smallest absolute Gasteiger partial charge is 0.301 e. The summed E-state index contributed by atoms with van der Waals surface area (Å²) in [5.74, 6) is -1.64. The van der Waals surface area contributed by atoms with Crippen LogP contribution in [0.25, 0.3) is 0 Å². The van der Waals surface area contributed by atoms with Crippen molar-refractivity contribution in [3.8, 4) is 0 Å². The van der Waals surface area contributed by atoms with Crippen LogP contribution < -0.4 is 10.5 Å². The highest BCUT2D eigenvalue weighted by molar-refractivity contribution is 7.90. The van der Waals surface area contributed by atoms with Gasteiger partial charge >= 0.3 is 10.2 Å². The van der Waals surface area contributed by atoms with Crippen LogP contribution in [0.15, 0.2) is 12.1 Å². The van der Waals surface area contributed by atoms with Crippen LogP contribution in [0.2, 0.25) is 0 Å². The van der Waals surface area contributed by atoms with Gasteiger partial charge in [0.15, 0.2) is 5.82 Å². The van der Waals surface area contributed by atoms with Crippen LogP contribution in [0.4, 0.5) is 20.2 Å². The monoisotopic (exact) mass is 305 g/mol. The average Bonchev–Trinajstić information content (AvgIpc) is 2.34. The number of rotatable bonds is 3. The van der Waals surface area contributed by atoms with E-state index in [-0.39, 0.29) is 11.6 Å². The highest BCUT2D eigenvalue weighted by Crippen LogP contribution is 2.27. The van der Waals surface area contributed by atoms with Gasteiger partial charge in [-0.3, -0.25) is 4.72 Å². The summed E-state index contributed by atoms with van der Waals surface area (Å²) in [6.45, 7) is 2.70. The Labute approximate surface area is 116 Å². The van der Waals surface area contributed by atoms with Crippen molar-refractivity contribution in [1.82, 2.24) is 4.31 Å². The van der Waals surface area contributed by atoms with E-state index < -0.39 is 27.5 Å². The van der Waals surface area contributed by atoms with E-state index in [4.69, 9.17) is 5.73 Å². The van der Waals surface area contributed by atoms with Crippen molar-refractivity contribution in [2.45, 2.75) is 19.8 Å². The second-order valence-corrected chi connectivity index (χ2v) is 6.74. The van der Waals surface area contributed by atoms with Gasteiger partial charge in [0.2, 0.25) is 0 Å². The minimum Gasteiger partial charge on any atom is -0.397 e. The molecule has 8 heteroatoms. The number of nitrogen functional groups attached to an aromatic ring is 1. The molecule has 1 aliphatic rings. The van der Waals surface area contributed by atoms with Crippen molar-refractivity contribution in [1.29, 1.82) is 0 Å². The Morgan fingerprint density at radius 3 is 2.70 bits per heavy atom. The zero-order chi connectivity index (χ0) is 14.9. The molecule has 2 rings (SSSR count). The van der Waals surface area contributed by atoms with E-state index in [9.17, 15) is 17.2 Å². The summed E-state index contributed by atoms with van der Waals surface area (Å²) in [4.78, 5) is 0. The zero-order valence-electron chi connectivity index (χ0n) is 11.1. The molecule has 0 aliphatic carbocycles. The minimum atomic E-state index is -3.89. The van der Waals surface area contributed by atoms with Gasteiger partial charge in [-0.1, -0.05) is 6.92 Å². The molecule has 1 aromatic carbocycles. The minimum absolute atomic E-state index is 0.246. The second kappa shape index (κ2) is 5.53. The first-order valence-electron chi connectivity index (χ1n) is 6.32. The van der Waals surface area contributed by atoms with E-state index in [1.165, 1.54) is 4.31 Å². The van der Waals surface area contributed by atoms with Gasteiger partial charge in [-0.25, -0.2) is 8.78 Å². The summed E-state index contributed by atoms with van der Waals surface area (Å²) in [6, 6.07) is 1.47. The van der Waals surface area contributed by atoms with Gasteiger partial charge < -0.3 is 5.73 Å². The summed E-state index contributed by atoms with van der Waals surface area (Å²) in [6.07, 6.45) is 1.71. The van der Waals surface area contributed by atoms with Gasteiger partial charge in [0.05, 0.1) is 5.69 Å². The molecule has 0 aromatic heterocycles. The van der Waals surface area contributed by atoms with Crippen LogP contribution in [-0.4, -0.2) is 25.8 Å². The molecule has 0 bridgehead atoms. The summed E-state index contributed by atoms with van der Waals surface area (Å²) >= 11 is 0. The third kappa shape index (κ3) is 3.18. The van der Waals surface area contributed by atoms with Gasteiger partial charge in [-0.05, 0) is 24.8 Å². The molecule has 0 amide bonds. The molecule has 1 heterocycles. The molecule has 112 valence electrons. The Hall–Kier alpha value is -1.41. The highest BCUT2D eigenvalue weighted by Gasteiger charge is 2.28. The fourth-order valence-corrected chi connectivity index (χ4v) is 3.68. The first-order valence-corrected chi connectivity index (χ1v) is 7.76. The van der Waals surface area contributed by atoms with Gasteiger partial charge in [0.25, 0.3) is 0 Å². The number of halogens is 2. The lowest BCUT2D eigenvalue weighted by Gasteiger charge is -2.30. The second-order valence-electron chi connectivity index (χ2n) is 5.06. The first kappa shape index (κ1) is 15.0. The Bertz CT molecular complexity index is 584. The van der Waals surface area contributed by atoms with Crippen molar-refractivity contribution in [2.75, 3.05) is 23.5 Å². The number of hydrogen-bond acceptors (Lipinski definition) is 3. The molecule has 0 saturated carbocycles. The van der Waals surface area contributed by atoms with Crippen molar-refractivity contribution >= 4 is 21.6 Å². The third-order valence-corrected chi connectivity index (χ3v) is 4.75. The quantitative estimate of drug-likeness (QED) is 0.838. The fourth-order valence-electron chi connectivity index (χ4n) is 2.26. The van der Waals surface area contributed by atoms with Crippen LogP contribution in [-0.2, 0) is 10.2 Å². The maximum absolute atomic E-state index is 13.6. The summed E-state index contributed by atoms with van der Waals surface area (Å²) in [5.41, 5.74) is 4.77. The number of nitrogens with zero attached hydrogens (tertiary/aromatic N) is 1. The molecular weight excluding hydrogens is 288 g/mol. The molecule has 1 unspecified atom stereocenters. The predicted molar refractivity (Wildman–Crippen MR) is 73.3 cm³/mol. The van der Waals surface area contributed by atoms with E-state index in [1.807, 2.05) is 6.92 Å². The summed E-state index contributed by atoms with van der Waals surface area (Å²) in [5, 5.41) is 0. The largest absolute Gasteiger partial charge is 0.397 e. The molecule has 1 aromatic rings. The lowest BCUT2D eigenvalue weighted by molar-refractivity contribution is 0.282. The highest BCUT2D eigenvalue weighted by atomic mass is 32.2. The normalized spacial score (nSPS) is 20.9. The Morgan fingerprint density at radius 1 is 1.40 bits per heavy atom. The van der Waals surface area contributed by atoms with Crippen molar-refractivity contribution in [2.24, 2.45) is 5.92 Å². The number of piperidine rings is 1. The van der Waals surface area contributed by atoms with Crippen LogP contribution in [0, 0.1) is 17.6 Å². The lowest BCUT2D eigenvalue weighted by Crippen LogP contribution is -2.42. The van der Waals surface area contributed by atoms with E-state index in [0.717, 1.165) is 18.9 Å². The zero-order valence-corrected chi connectivity index (χ0v) is 11.9. The maximum atomic E-state index is 13.6. The molecule has 3 N–H and O–H groups in total. The van der Waals surface area contributed by atoms with Crippen molar-refractivity contribution < 1.29 is 17.2 Å². The molecule has 1 fully saturated rings. The maximum Gasteiger partial charge on any atom is 0.301 e. The van der Waals surface area contributed by atoms with Gasteiger partial charge in [-0.2, -0.15) is 12.7 Å².